The van der Waals surface area contributed by atoms with Gasteiger partial charge in [-0.1, -0.05) is 18.2 Å². The van der Waals surface area contributed by atoms with E-state index in [0.717, 1.165) is 5.69 Å². The van der Waals surface area contributed by atoms with Gasteiger partial charge in [0.2, 0.25) is 0 Å². The molecule has 16 heavy (non-hydrogen) atoms. The first-order valence-corrected chi connectivity index (χ1v) is 4.78. The summed E-state index contributed by atoms with van der Waals surface area (Å²) in [6.45, 7) is 0. The summed E-state index contributed by atoms with van der Waals surface area (Å²) < 4.78 is 4.69. The van der Waals surface area contributed by atoms with Crippen molar-refractivity contribution >= 4 is 11.9 Å². The molecule has 80 valence electrons. The van der Waals surface area contributed by atoms with Gasteiger partial charge in [-0.3, -0.25) is 5.43 Å². The van der Waals surface area contributed by atoms with Crippen molar-refractivity contribution in [2.45, 2.75) is 0 Å². The monoisotopic (exact) mass is 214 g/mol. The Balaban J connectivity index is 2.06. The molecule has 0 fully saturated rings. The fourth-order valence-electron chi connectivity index (χ4n) is 1.16. The smallest absolute Gasteiger partial charge is 0.344 e. The van der Waals surface area contributed by atoms with Gasteiger partial charge in [-0.2, -0.15) is 5.10 Å². The second kappa shape index (κ2) is 4.93. The molecule has 0 atom stereocenters. The second-order valence-corrected chi connectivity index (χ2v) is 3.09. The van der Waals surface area contributed by atoms with Gasteiger partial charge in [0, 0.05) is 0 Å². The number of anilines is 1. The van der Waals surface area contributed by atoms with Crippen LogP contribution in [-0.2, 0) is 0 Å². The van der Waals surface area contributed by atoms with Crippen LogP contribution in [0.15, 0.2) is 63.0 Å². The molecule has 0 bridgehead atoms. The van der Waals surface area contributed by atoms with Crippen LogP contribution >= 0.6 is 0 Å². The third-order valence-corrected chi connectivity index (χ3v) is 1.94. The third kappa shape index (κ3) is 2.57. The lowest BCUT2D eigenvalue weighted by Crippen LogP contribution is -2.05. The van der Waals surface area contributed by atoms with Gasteiger partial charge in [0.1, 0.15) is 0 Å². The van der Waals surface area contributed by atoms with Crippen molar-refractivity contribution in [1.29, 1.82) is 0 Å². The minimum atomic E-state index is -0.402. The van der Waals surface area contributed by atoms with Gasteiger partial charge in [-0.05, 0) is 24.3 Å². The lowest BCUT2D eigenvalue weighted by atomic mass is 10.3. The molecule has 0 spiro atoms. The average molecular weight is 214 g/mol. The van der Waals surface area contributed by atoms with Gasteiger partial charge in [-0.15, -0.1) is 0 Å². The Morgan fingerprint density at radius 2 is 1.94 bits per heavy atom. The molecule has 1 aromatic carbocycles. The largest absolute Gasteiger partial charge is 0.431 e. The van der Waals surface area contributed by atoms with Gasteiger partial charge in [0.25, 0.3) is 0 Å². The molecular weight excluding hydrogens is 204 g/mol. The van der Waals surface area contributed by atoms with Crippen molar-refractivity contribution in [2.24, 2.45) is 5.10 Å². The number of para-hydroxylation sites is 1. The number of nitrogens with one attached hydrogen (secondary N) is 1. The molecular formula is C12H10N2O2. The second-order valence-electron chi connectivity index (χ2n) is 3.09. The van der Waals surface area contributed by atoms with Gasteiger partial charge < -0.3 is 4.42 Å². The Morgan fingerprint density at radius 1 is 1.12 bits per heavy atom. The number of hydrazone groups is 1. The Morgan fingerprint density at radius 3 is 2.69 bits per heavy atom. The van der Waals surface area contributed by atoms with Crippen LogP contribution < -0.4 is 11.1 Å². The zero-order valence-electron chi connectivity index (χ0n) is 8.46. The van der Waals surface area contributed by atoms with Crippen molar-refractivity contribution in [3.8, 4) is 0 Å². The van der Waals surface area contributed by atoms with Crippen molar-refractivity contribution in [1.82, 2.24) is 0 Å². The minimum Gasteiger partial charge on any atom is -0.431 e. The van der Waals surface area contributed by atoms with Crippen molar-refractivity contribution in [3.05, 3.63) is 64.7 Å². The van der Waals surface area contributed by atoms with Crippen LogP contribution in [0.1, 0.15) is 5.56 Å². The number of benzene rings is 1. The number of nitrogens with zero attached hydrogens (tertiary/aromatic N) is 1. The molecule has 0 aliphatic carbocycles. The average Bonchev–Trinajstić information content (AvgIpc) is 2.33. The molecule has 0 radical (unpaired) electrons. The molecule has 0 amide bonds. The summed E-state index contributed by atoms with van der Waals surface area (Å²) in [5, 5.41) is 3.94. The highest BCUT2D eigenvalue weighted by Crippen LogP contribution is 2.03. The first-order chi connectivity index (χ1) is 7.86. The van der Waals surface area contributed by atoms with Crippen LogP contribution in [0.4, 0.5) is 5.69 Å². The molecule has 0 aliphatic rings. The zero-order chi connectivity index (χ0) is 11.2. The number of hydrogen-bond acceptors (Lipinski definition) is 4. The maximum absolute atomic E-state index is 11.2. The highest BCUT2D eigenvalue weighted by atomic mass is 16.4. The predicted octanol–water partition coefficient (Wildman–Crippen LogP) is 2.09. The summed E-state index contributed by atoms with van der Waals surface area (Å²) in [7, 11) is 0. The van der Waals surface area contributed by atoms with E-state index >= 15 is 0 Å². The number of hydrogen-bond donors (Lipinski definition) is 1. The van der Waals surface area contributed by atoms with E-state index in [1.54, 1.807) is 12.1 Å². The maximum Gasteiger partial charge on any atom is 0.344 e. The van der Waals surface area contributed by atoms with E-state index in [1.807, 2.05) is 30.3 Å². The molecule has 0 aliphatic heterocycles. The minimum absolute atomic E-state index is 0.402. The third-order valence-electron chi connectivity index (χ3n) is 1.94. The van der Waals surface area contributed by atoms with E-state index in [2.05, 4.69) is 14.9 Å². The normalized spacial score (nSPS) is 10.5. The van der Waals surface area contributed by atoms with Crippen LogP contribution in [0.3, 0.4) is 0 Å². The van der Waals surface area contributed by atoms with Gasteiger partial charge >= 0.3 is 5.63 Å². The molecule has 0 unspecified atom stereocenters. The summed E-state index contributed by atoms with van der Waals surface area (Å²) in [5.74, 6) is 0. The molecule has 2 aromatic rings. The molecule has 1 heterocycles. The summed E-state index contributed by atoms with van der Waals surface area (Å²) in [4.78, 5) is 11.2. The molecule has 0 saturated heterocycles. The van der Waals surface area contributed by atoms with Crippen molar-refractivity contribution < 1.29 is 4.42 Å². The van der Waals surface area contributed by atoms with Gasteiger partial charge in [-0.25, -0.2) is 4.79 Å². The SMILES string of the molecule is O=c1occcc1/C=N/Nc1ccccc1. The molecule has 4 nitrogen and oxygen atoms in total. The molecule has 2 rings (SSSR count). The summed E-state index contributed by atoms with van der Waals surface area (Å²) >= 11 is 0. The standard InChI is InChI=1S/C12H10N2O2/c15-12-10(5-4-8-16-12)9-13-14-11-6-2-1-3-7-11/h1-9,14H/b13-9+. The summed E-state index contributed by atoms with van der Waals surface area (Å²) in [6.07, 6.45) is 2.77. The lowest BCUT2D eigenvalue weighted by Gasteiger charge is -1.97. The summed E-state index contributed by atoms with van der Waals surface area (Å²) in [6, 6.07) is 12.8. The van der Waals surface area contributed by atoms with Crippen LogP contribution in [0.2, 0.25) is 0 Å². The van der Waals surface area contributed by atoms with E-state index in [1.165, 1.54) is 12.5 Å². The highest BCUT2D eigenvalue weighted by molar-refractivity contribution is 5.79. The zero-order valence-corrected chi connectivity index (χ0v) is 8.46. The van der Waals surface area contributed by atoms with E-state index in [4.69, 9.17) is 0 Å². The fraction of sp³-hybridized carbons (Fsp3) is 0. The molecule has 4 heteroatoms. The van der Waals surface area contributed by atoms with Crippen LogP contribution in [0, 0.1) is 0 Å². The first-order valence-electron chi connectivity index (χ1n) is 4.78. The van der Waals surface area contributed by atoms with Crippen LogP contribution in [-0.4, -0.2) is 6.21 Å². The summed E-state index contributed by atoms with van der Waals surface area (Å²) in [5.41, 5.74) is 3.68. The fourth-order valence-corrected chi connectivity index (χ4v) is 1.16. The van der Waals surface area contributed by atoms with Crippen LogP contribution in [0.25, 0.3) is 0 Å². The number of rotatable bonds is 3. The maximum atomic E-state index is 11.2. The molecule has 1 N–H and O–H groups in total. The Bertz CT molecular complexity index is 532. The lowest BCUT2D eigenvalue weighted by molar-refractivity contribution is 0.509. The molecule has 0 saturated carbocycles. The highest BCUT2D eigenvalue weighted by Gasteiger charge is 1.94. The van der Waals surface area contributed by atoms with E-state index in [0.29, 0.717) is 5.56 Å². The topological polar surface area (TPSA) is 54.6 Å². The molecule has 1 aromatic heterocycles. The van der Waals surface area contributed by atoms with Gasteiger partial charge in [0.15, 0.2) is 0 Å². The van der Waals surface area contributed by atoms with E-state index < -0.39 is 5.63 Å². The Kier molecular flexibility index (Phi) is 3.13. The Hall–Kier alpha value is -2.36. The predicted molar refractivity (Wildman–Crippen MR) is 62.6 cm³/mol. The van der Waals surface area contributed by atoms with Gasteiger partial charge in [0.05, 0.1) is 23.7 Å². The van der Waals surface area contributed by atoms with E-state index in [-0.39, 0.29) is 0 Å². The van der Waals surface area contributed by atoms with Crippen molar-refractivity contribution in [3.63, 3.8) is 0 Å². The quantitative estimate of drug-likeness (QED) is 0.628. The van der Waals surface area contributed by atoms with Crippen molar-refractivity contribution in [2.75, 3.05) is 5.43 Å². The first kappa shape index (κ1) is 10.2. The Labute approximate surface area is 92.2 Å². The van der Waals surface area contributed by atoms with E-state index in [9.17, 15) is 4.79 Å². The van der Waals surface area contributed by atoms with Crippen LogP contribution in [0.5, 0.6) is 0 Å².